The molecule has 0 spiro atoms. The minimum absolute atomic E-state index is 0.0648. The summed E-state index contributed by atoms with van der Waals surface area (Å²) in [5.41, 5.74) is 2.06. The molecule has 0 fully saturated rings. The smallest absolute Gasteiger partial charge is 0.255 e. The molecule has 2 amide bonds. The summed E-state index contributed by atoms with van der Waals surface area (Å²) in [5, 5.41) is 6.14. The molecule has 0 saturated heterocycles. The summed E-state index contributed by atoms with van der Waals surface area (Å²) >= 11 is 5.80. The maximum atomic E-state index is 12.1. The maximum absolute atomic E-state index is 12.1. The normalized spacial score (nSPS) is 10.2. The topological polar surface area (TPSA) is 67.4 Å². The van der Waals surface area contributed by atoms with Crippen molar-refractivity contribution in [2.75, 3.05) is 25.6 Å². The molecule has 2 aromatic rings. The lowest BCUT2D eigenvalue weighted by atomic mass is 10.1. The standard InChI is InChI=1S/C18H19ClN2O3/c1-24-11-10-20-17(22)12-13-2-8-16(9-3-13)21-18(23)14-4-6-15(19)7-5-14/h2-9H,10-12H2,1H3,(H,20,22)(H,21,23). The van der Waals surface area contributed by atoms with E-state index in [2.05, 4.69) is 10.6 Å². The molecule has 5 nitrogen and oxygen atoms in total. The Bertz CT molecular complexity index is 684. The molecule has 126 valence electrons. The zero-order valence-corrected chi connectivity index (χ0v) is 14.1. The van der Waals surface area contributed by atoms with Crippen LogP contribution < -0.4 is 10.6 Å². The lowest BCUT2D eigenvalue weighted by Gasteiger charge is -2.07. The summed E-state index contributed by atoms with van der Waals surface area (Å²) in [7, 11) is 1.59. The van der Waals surface area contributed by atoms with Crippen LogP contribution in [0.3, 0.4) is 0 Å². The lowest BCUT2D eigenvalue weighted by Crippen LogP contribution is -2.28. The highest BCUT2D eigenvalue weighted by molar-refractivity contribution is 6.30. The predicted octanol–water partition coefficient (Wildman–Crippen LogP) is 2.90. The van der Waals surface area contributed by atoms with E-state index in [9.17, 15) is 9.59 Å². The van der Waals surface area contributed by atoms with Crippen molar-refractivity contribution in [1.29, 1.82) is 0 Å². The van der Waals surface area contributed by atoms with Crippen molar-refractivity contribution in [3.8, 4) is 0 Å². The van der Waals surface area contributed by atoms with Crippen LogP contribution in [0.2, 0.25) is 5.02 Å². The predicted molar refractivity (Wildman–Crippen MR) is 94.4 cm³/mol. The Morgan fingerprint density at radius 2 is 1.71 bits per heavy atom. The second kappa shape index (κ2) is 9.05. The van der Waals surface area contributed by atoms with Crippen LogP contribution in [0.1, 0.15) is 15.9 Å². The summed E-state index contributed by atoms with van der Waals surface area (Å²) in [4.78, 5) is 23.8. The first-order chi connectivity index (χ1) is 11.6. The molecule has 0 heterocycles. The van der Waals surface area contributed by atoms with Gasteiger partial charge in [-0.25, -0.2) is 0 Å². The van der Waals surface area contributed by atoms with Crippen LogP contribution in [0.15, 0.2) is 48.5 Å². The molecule has 0 aliphatic carbocycles. The van der Waals surface area contributed by atoms with E-state index >= 15 is 0 Å². The maximum Gasteiger partial charge on any atom is 0.255 e. The third kappa shape index (κ3) is 5.68. The third-order valence-electron chi connectivity index (χ3n) is 3.31. The zero-order chi connectivity index (χ0) is 17.4. The van der Waals surface area contributed by atoms with Crippen LogP contribution in [-0.2, 0) is 16.0 Å². The summed E-state index contributed by atoms with van der Waals surface area (Å²) in [6.07, 6.45) is 0.287. The van der Waals surface area contributed by atoms with Gasteiger partial charge in [0.2, 0.25) is 5.91 Å². The van der Waals surface area contributed by atoms with Crippen LogP contribution in [0.25, 0.3) is 0 Å². The molecular formula is C18H19ClN2O3. The fourth-order valence-corrected chi connectivity index (χ4v) is 2.18. The SMILES string of the molecule is COCCNC(=O)Cc1ccc(NC(=O)c2ccc(Cl)cc2)cc1. The highest BCUT2D eigenvalue weighted by Gasteiger charge is 2.07. The molecule has 0 aliphatic heterocycles. The molecule has 0 saturated carbocycles. The largest absolute Gasteiger partial charge is 0.383 e. The number of carbonyl (C=O) groups is 2. The first kappa shape index (κ1) is 18.0. The minimum atomic E-state index is -0.211. The van der Waals surface area contributed by atoms with Gasteiger partial charge in [0, 0.05) is 29.9 Å². The van der Waals surface area contributed by atoms with Crippen LogP contribution in [0, 0.1) is 0 Å². The van der Waals surface area contributed by atoms with E-state index in [0.717, 1.165) is 5.56 Å². The molecule has 24 heavy (non-hydrogen) atoms. The van der Waals surface area contributed by atoms with Gasteiger partial charge >= 0.3 is 0 Å². The van der Waals surface area contributed by atoms with Crippen molar-refractivity contribution in [1.82, 2.24) is 5.32 Å². The third-order valence-corrected chi connectivity index (χ3v) is 3.56. The molecule has 0 bridgehead atoms. The van der Waals surface area contributed by atoms with Crippen molar-refractivity contribution in [2.24, 2.45) is 0 Å². The van der Waals surface area contributed by atoms with Gasteiger partial charge in [0.1, 0.15) is 0 Å². The molecule has 2 N–H and O–H groups in total. The van der Waals surface area contributed by atoms with Gasteiger partial charge in [-0.2, -0.15) is 0 Å². The number of carbonyl (C=O) groups excluding carboxylic acids is 2. The number of amides is 2. The molecule has 0 aromatic heterocycles. The highest BCUT2D eigenvalue weighted by atomic mass is 35.5. The number of benzene rings is 2. The Morgan fingerprint density at radius 1 is 1.04 bits per heavy atom. The molecule has 6 heteroatoms. The van der Waals surface area contributed by atoms with Gasteiger partial charge in [-0.15, -0.1) is 0 Å². The van der Waals surface area contributed by atoms with E-state index in [0.29, 0.717) is 29.4 Å². The van der Waals surface area contributed by atoms with Gasteiger partial charge in [-0.1, -0.05) is 23.7 Å². The number of ether oxygens (including phenoxy) is 1. The monoisotopic (exact) mass is 346 g/mol. The van der Waals surface area contributed by atoms with E-state index in [-0.39, 0.29) is 18.2 Å². The van der Waals surface area contributed by atoms with Gasteiger partial charge in [-0.05, 0) is 42.0 Å². The highest BCUT2D eigenvalue weighted by Crippen LogP contribution is 2.14. The number of halogens is 1. The fourth-order valence-electron chi connectivity index (χ4n) is 2.05. The second-order valence-corrected chi connectivity index (χ2v) is 5.61. The van der Waals surface area contributed by atoms with E-state index in [1.165, 1.54) is 0 Å². The summed E-state index contributed by atoms with van der Waals surface area (Å²) in [5.74, 6) is -0.276. The van der Waals surface area contributed by atoms with Crippen LogP contribution in [-0.4, -0.2) is 32.1 Å². The number of rotatable bonds is 7. The van der Waals surface area contributed by atoms with Gasteiger partial charge in [0.05, 0.1) is 13.0 Å². The Morgan fingerprint density at radius 3 is 2.33 bits per heavy atom. The van der Waals surface area contributed by atoms with Gasteiger partial charge in [0.25, 0.3) is 5.91 Å². The number of nitrogens with one attached hydrogen (secondary N) is 2. The first-order valence-corrected chi connectivity index (χ1v) is 7.88. The van der Waals surface area contributed by atoms with Gasteiger partial charge in [-0.3, -0.25) is 9.59 Å². The van der Waals surface area contributed by atoms with Crippen molar-refractivity contribution < 1.29 is 14.3 Å². The van der Waals surface area contributed by atoms with Gasteiger partial charge in [0.15, 0.2) is 0 Å². The van der Waals surface area contributed by atoms with Crippen molar-refractivity contribution >= 4 is 29.1 Å². The number of hydrogen-bond acceptors (Lipinski definition) is 3. The van der Waals surface area contributed by atoms with Crippen molar-refractivity contribution in [2.45, 2.75) is 6.42 Å². The molecule has 0 aliphatic rings. The quantitative estimate of drug-likeness (QED) is 0.757. The van der Waals surface area contributed by atoms with Crippen LogP contribution in [0.4, 0.5) is 5.69 Å². The molecule has 0 unspecified atom stereocenters. The summed E-state index contributed by atoms with van der Waals surface area (Å²) in [6.45, 7) is 0.978. The average molecular weight is 347 g/mol. The first-order valence-electron chi connectivity index (χ1n) is 7.50. The molecule has 0 radical (unpaired) electrons. The summed E-state index contributed by atoms with van der Waals surface area (Å²) < 4.78 is 4.88. The van der Waals surface area contributed by atoms with E-state index in [1.54, 1.807) is 43.5 Å². The van der Waals surface area contributed by atoms with E-state index in [1.807, 2.05) is 12.1 Å². The Balaban J connectivity index is 1.88. The lowest BCUT2D eigenvalue weighted by molar-refractivity contribution is -0.120. The average Bonchev–Trinajstić information content (AvgIpc) is 2.57. The summed E-state index contributed by atoms with van der Waals surface area (Å²) in [6, 6.07) is 13.8. The number of hydrogen-bond donors (Lipinski definition) is 2. The number of anilines is 1. The molecule has 0 atom stereocenters. The van der Waals surface area contributed by atoms with E-state index in [4.69, 9.17) is 16.3 Å². The van der Waals surface area contributed by atoms with Crippen LogP contribution >= 0.6 is 11.6 Å². The Kier molecular flexibility index (Phi) is 6.78. The molecular weight excluding hydrogens is 328 g/mol. The van der Waals surface area contributed by atoms with Crippen molar-refractivity contribution in [3.63, 3.8) is 0 Å². The molecule has 2 aromatic carbocycles. The minimum Gasteiger partial charge on any atom is -0.383 e. The van der Waals surface area contributed by atoms with Crippen molar-refractivity contribution in [3.05, 3.63) is 64.7 Å². The molecule has 2 rings (SSSR count). The number of methoxy groups -OCH3 is 1. The van der Waals surface area contributed by atoms with E-state index < -0.39 is 0 Å². The second-order valence-electron chi connectivity index (χ2n) is 5.18. The zero-order valence-electron chi connectivity index (χ0n) is 13.3. The van der Waals surface area contributed by atoms with Gasteiger partial charge < -0.3 is 15.4 Å². The fraction of sp³-hybridized carbons (Fsp3) is 0.222. The Hall–Kier alpha value is -2.37. The van der Waals surface area contributed by atoms with Crippen LogP contribution in [0.5, 0.6) is 0 Å². The Labute approximate surface area is 146 Å².